The number of halogens is 1. The Balaban J connectivity index is 1.99. The molecule has 2 N–H and O–H groups in total. The summed E-state index contributed by atoms with van der Waals surface area (Å²) in [5, 5.41) is 0. The second kappa shape index (κ2) is 8.44. The molecule has 29 heavy (non-hydrogen) atoms. The van der Waals surface area contributed by atoms with Crippen LogP contribution in [0.25, 0.3) is 11.0 Å². The fraction of sp³-hybridized carbons (Fsp3) is 0.286. The predicted octanol–water partition coefficient (Wildman–Crippen LogP) is 3.00. The van der Waals surface area contributed by atoms with E-state index >= 15 is 0 Å². The largest absolute Gasteiger partial charge is 0.336 e. The van der Waals surface area contributed by atoms with Crippen LogP contribution in [0.5, 0.6) is 0 Å². The number of nitrogens with two attached hydrogens (primary N) is 1. The van der Waals surface area contributed by atoms with Crippen molar-refractivity contribution >= 4 is 21.1 Å². The van der Waals surface area contributed by atoms with Crippen LogP contribution in [-0.2, 0) is 23.0 Å². The topological polar surface area (TPSA) is 81.2 Å². The Morgan fingerprint density at radius 1 is 1.24 bits per heavy atom. The molecule has 154 valence electrons. The summed E-state index contributed by atoms with van der Waals surface area (Å²) in [5.41, 5.74) is 9.95. The highest BCUT2D eigenvalue weighted by molar-refractivity contribution is 7.89. The Kier molecular flexibility index (Phi) is 6.16. The number of rotatable bonds is 7. The Labute approximate surface area is 170 Å². The van der Waals surface area contributed by atoms with Crippen LogP contribution >= 0.6 is 0 Å². The minimum absolute atomic E-state index is 0.102. The lowest BCUT2D eigenvalue weighted by molar-refractivity contribution is 0.520. The van der Waals surface area contributed by atoms with Crippen molar-refractivity contribution in [2.45, 2.75) is 24.8 Å². The first-order chi connectivity index (χ1) is 13.8. The summed E-state index contributed by atoms with van der Waals surface area (Å²) < 4.78 is 41.7. The van der Waals surface area contributed by atoms with Gasteiger partial charge in [-0.05, 0) is 42.8 Å². The van der Waals surface area contributed by atoms with Crippen LogP contribution < -0.4 is 5.73 Å². The molecule has 0 bridgehead atoms. The van der Waals surface area contributed by atoms with Crippen molar-refractivity contribution < 1.29 is 12.8 Å². The van der Waals surface area contributed by atoms with Crippen LogP contribution in [0.3, 0.4) is 0 Å². The second-order valence-corrected chi connectivity index (χ2v) is 9.17. The van der Waals surface area contributed by atoms with E-state index in [1.807, 2.05) is 23.6 Å². The minimum Gasteiger partial charge on any atom is -0.336 e. The highest BCUT2D eigenvalue weighted by Gasteiger charge is 2.19. The van der Waals surface area contributed by atoms with Gasteiger partial charge in [0.1, 0.15) is 5.83 Å². The number of hydrogen-bond acceptors (Lipinski definition) is 4. The average molecular weight is 417 g/mol. The van der Waals surface area contributed by atoms with E-state index in [0.29, 0.717) is 6.42 Å². The summed E-state index contributed by atoms with van der Waals surface area (Å²) in [6, 6.07) is 10.6. The molecule has 8 heteroatoms. The van der Waals surface area contributed by atoms with Gasteiger partial charge < -0.3 is 10.3 Å². The van der Waals surface area contributed by atoms with Gasteiger partial charge in [-0.25, -0.2) is 17.1 Å². The van der Waals surface area contributed by atoms with E-state index in [4.69, 9.17) is 5.73 Å². The molecule has 0 fully saturated rings. The summed E-state index contributed by atoms with van der Waals surface area (Å²) >= 11 is 0. The first-order valence-electron chi connectivity index (χ1n) is 9.24. The number of pyridine rings is 1. The van der Waals surface area contributed by atoms with Crippen LogP contribution in [-0.4, -0.2) is 42.9 Å². The van der Waals surface area contributed by atoms with E-state index in [9.17, 15) is 12.8 Å². The normalized spacial score (nSPS) is 12.8. The van der Waals surface area contributed by atoms with Crippen LogP contribution in [0.1, 0.15) is 16.8 Å². The number of allylic oxidation sites excluding steroid dienone is 1. The Morgan fingerprint density at radius 3 is 2.55 bits per heavy atom. The van der Waals surface area contributed by atoms with Gasteiger partial charge >= 0.3 is 0 Å². The molecule has 1 aromatic carbocycles. The van der Waals surface area contributed by atoms with Crippen molar-refractivity contribution in [3.8, 4) is 0 Å². The van der Waals surface area contributed by atoms with Gasteiger partial charge in [-0.3, -0.25) is 4.98 Å². The standard InChI is InChI=1S/C21H25FN4O2S/c1-15-19(13-16-6-8-18(9-7-16)29(27,28)25(2)3)21-20(5-4-12-24-21)26(15)14-17(22)10-11-23/h4-10,12H,11,13-14,23H2,1-3H3/b17-10-. The molecule has 3 aromatic rings. The Morgan fingerprint density at radius 2 is 1.93 bits per heavy atom. The molecule has 0 aliphatic heterocycles. The van der Waals surface area contributed by atoms with Crippen molar-refractivity contribution in [2.75, 3.05) is 20.6 Å². The number of sulfonamides is 1. The Bertz CT molecular complexity index is 1150. The van der Waals surface area contributed by atoms with Gasteiger partial charge in [-0.2, -0.15) is 0 Å². The zero-order valence-electron chi connectivity index (χ0n) is 16.8. The lowest BCUT2D eigenvalue weighted by Crippen LogP contribution is -2.22. The quantitative estimate of drug-likeness (QED) is 0.642. The molecule has 3 rings (SSSR count). The van der Waals surface area contributed by atoms with E-state index < -0.39 is 10.0 Å². The van der Waals surface area contributed by atoms with Crippen LogP contribution in [0, 0.1) is 6.92 Å². The molecule has 0 spiro atoms. The maximum absolute atomic E-state index is 14.1. The molecule has 0 aliphatic rings. The van der Waals surface area contributed by atoms with Gasteiger partial charge in [-0.15, -0.1) is 0 Å². The molecule has 0 amide bonds. The molecule has 2 aromatic heterocycles. The SMILES string of the molecule is Cc1c(Cc2ccc(S(=O)(=O)N(C)C)cc2)c2ncccc2n1C/C(F)=C/CN. The molecule has 0 unspecified atom stereocenters. The first-order valence-corrected chi connectivity index (χ1v) is 10.7. The second-order valence-electron chi connectivity index (χ2n) is 7.02. The van der Waals surface area contributed by atoms with Crippen molar-refractivity contribution in [3.05, 3.63) is 71.3 Å². The van der Waals surface area contributed by atoms with Crippen molar-refractivity contribution in [1.29, 1.82) is 0 Å². The molecule has 0 saturated heterocycles. The van der Waals surface area contributed by atoms with Gasteiger partial charge in [0.15, 0.2) is 0 Å². The fourth-order valence-corrected chi connectivity index (χ4v) is 4.22. The zero-order chi connectivity index (χ0) is 21.2. The molecule has 2 heterocycles. The summed E-state index contributed by atoms with van der Waals surface area (Å²) in [4.78, 5) is 4.75. The zero-order valence-corrected chi connectivity index (χ0v) is 17.6. The van der Waals surface area contributed by atoms with Gasteiger partial charge in [0, 0.05) is 44.5 Å². The Hall–Kier alpha value is -2.55. The van der Waals surface area contributed by atoms with Crippen molar-refractivity contribution in [2.24, 2.45) is 5.73 Å². The molecule has 6 nitrogen and oxygen atoms in total. The van der Waals surface area contributed by atoms with Crippen molar-refractivity contribution in [3.63, 3.8) is 0 Å². The highest BCUT2D eigenvalue weighted by Crippen LogP contribution is 2.28. The van der Waals surface area contributed by atoms with Crippen LogP contribution in [0.15, 0.2) is 59.4 Å². The number of aromatic nitrogens is 2. The summed E-state index contributed by atoms with van der Waals surface area (Å²) in [5.74, 6) is -0.291. The molecular weight excluding hydrogens is 391 g/mol. The average Bonchev–Trinajstić information content (AvgIpc) is 2.94. The number of fused-ring (bicyclic) bond motifs is 1. The van der Waals surface area contributed by atoms with Gasteiger partial charge in [0.2, 0.25) is 10.0 Å². The fourth-order valence-electron chi connectivity index (χ4n) is 3.32. The summed E-state index contributed by atoms with van der Waals surface area (Å²) in [6.45, 7) is 2.19. The van der Waals surface area contributed by atoms with Crippen LogP contribution in [0.4, 0.5) is 4.39 Å². The maximum Gasteiger partial charge on any atom is 0.242 e. The van der Waals surface area contributed by atoms with E-state index in [0.717, 1.165) is 27.9 Å². The van der Waals surface area contributed by atoms with Gasteiger partial charge in [0.25, 0.3) is 0 Å². The third-order valence-corrected chi connectivity index (χ3v) is 6.77. The lowest BCUT2D eigenvalue weighted by atomic mass is 10.0. The van der Waals surface area contributed by atoms with E-state index in [1.165, 1.54) is 24.5 Å². The molecule has 0 saturated carbocycles. The summed E-state index contributed by atoms with van der Waals surface area (Å²) in [7, 11) is -0.455. The van der Waals surface area contributed by atoms with E-state index in [2.05, 4.69) is 4.98 Å². The number of hydrogen-bond donors (Lipinski definition) is 1. The van der Waals surface area contributed by atoms with E-state index in [-0.39, 0.29) is 23.8 Å². The molecule has 0 atom stereocenters. The van der Waals surface area contributed by atoms with Crippen molar-refractivity contribution in [1.82, 2.24) is 13.9 Å². The number of benzene rings is 1. The third kappa shape index (κ3) is 4.24. The predicted molar refractivity (Wildman–Crippen MR) is 113 cm³/mol. The molecular formula is C21H25FN4O2S. The summed E-state index contributed by atoms with van der Waals surface area (Å²) in [6.07, 6.45) is 3.65. The first kappa shape index (κ1) is 21.2. The number of nitrogens with zero attached hydrogens (tertiary/aromatic N) is 3. The minimum atomic E-state index is -3.47. The lowest BCUT2D eigenvalue weighted by Gasteiger charge is -2.12. The molecule has 0 aliphatic carbocycles. The smallest absolute Gasteiger partial charge is 0.242 e. The van der Waals surface area contributed by atoms with E-state index in [1.54, 1.807) is 30.5 Å². The highest BCUT2D eigenvalue weighted by atomic mass is 32.2. The maximum atomic E-state index is 14.1. The van der Waals surface area contributed by atoms with Gasteiger partial charge in [-0.1, -0.05) is 12.1 Å². The van der Waals surface area contributed by atoms with Gasteiger partial charge in [0.05, 0.1) is 22.5 Å². The monoisotopic (exact) mass is 416 g/mol. The third-order valence-electron chi connectivity index (χ3n) is 4.94. The molecule has 0 radical (unpaired) electrons. The van der Waals surface area contributed by atoms with Crippen LogP contribution in [0.2, 0.25) is 0 Å².